The molecule has 1 saturated heterocycles. The number of esters is 2. The quantitative estimate of drug-likeness (QED) is 0.0518. The molecule has 0 saturated carbocycles. The van der Waals surface area contributed by atoms with Gasteiger partial charge in [-0.3, -0.25) is 4.90 Å². The van der Waals surface area contributed by atoms with Crippen LogP contribution in [0, 0.1) is 19.8 Å². The molecule has 9 heteroatoms. The van der Waals surface area contributed by atoms with Crippen molar-refractivity contribution in [3.05, 3.63) is 117 Å². The number of benzene rings is 2. The number of hydrogen-bond donors (Lipinski definition) is 0. The monoisotopic (exact) mass is 953 g/mol. The number of hydrogen-bond acceptors (Lipinski definition) is 8. The maximum atomic E-state index is 12.2. The molecule has 0 N–H and O–H groups in total. The lowest BCUT2D eigenvalue weighted by Gasteiger charge is -2.26. The first kappa shape index (κ1) is 69.5. The van der Waals surface area contributed by atoms with Crippen molar-refractivity contribution >= 4 is 29.8 Å². The Morgan fingerprint density at radius 3 is 1.82 bits per heavy atom. The third kappa shape index (κ3) is 33.9. The number of aldehydes is 1. The summed E-state index contributed by atoms with van der Waals surface area (Å²) in [4.78, 5) is 40.7. The van der Waals surface area contributed by atoms with Crippen molar-refractivity contribution in [2.24, 2.45) is 5.92 Å². The number of nitrogens with zero attached hydrogens (tertiary/aromatic N) is 2. The van der Waals surface area contributed by atoms with E-state index >= 15 is 0 Å². The number of ether oxygens (including phenoxy) is 3. The Morgan fingerprint density at radius 1 is 0.821 bits per heavy atom. The second-order valence-electron chi connectivity index (χ2n) is 16.3. The SMILES string of the molecule is C=C(CC)/C(C)=C\C(C)C=O.CC.CC.CC.CCC.CCC.CCc1ccc(C(=O)Oc2ccc(Cl)nc2)cc1C.Cc1cc(C(=O)OCCCCCN2CCOCC2)ccc1C(C)(C)C. The average Bonchev–Trinajstić information content (AvgIpc) is 3.33. The standard InChI is InChI=1S/C21H33NO3.C15H14ClNO2.C10H16O.2C3H8.3C2H6/c1-17-16-18(8-9-19(17)21(2,3)4)20(23)25-13-7-5-6-10-22-11-14-24-15-12-22;1-3-11-4-5-12(8-10(11)2)15(18)19-13-6-7-14(16)17-9-13;1-5-9(3)10(4)6-8(2)7-11;2*1-3-2;3*1-2/h8-9,16H,5-7,10-15H2,1-4H3;4-9H,3H2,1-2H3;6-8H,3,5H2,1-2,4H3;2*3H2,1-2H3;3*1-2H3/b;;10-6-;;;;;. The molecule has 0 radical (unpaired) electrons. The first-order valence-corrected chi connectivity index (χ1v) is 25.6. The number of carbonyl (C=O) groups is 3. The van der Waals surface area contributed by atoms with Crippen LogP contribution in [0.2, 0.25) is 5.15 Å². The summed E-state index contributed by atoms with van der Waals surface area (Å²) in [7, 11) is 0. The number of unbranched alkanes of at least 4 members (excludes halogenated alkanes) is 2. The summed E-state index contributed by atoms with van der Waals surface area (Å²) in [6, 6.07) is 14.6. The van der Waals surface area contributed by atoms with Crippen LogP contribution in [0.25, 0.3) is 0 Å². The summed E-state index contributed by atoms with van der Waals surface area (Å²) >= 11 is 5.67. The van der Waals surface area contributed by atoms with Gasteiger partial charge in [-0.15, -0.1) is 0 Å². The van der Waals surface area contributed by atoms with Gasteiger partial charge in [0.05, 0.1) is 37.1 Å². The molecule has 4 rings (SSSR count). The Labute approximate surface area is 416 Å². The Kier molecular flexibility index (Phi) is 46.0. The lowest BCUT2D eigenvalue weighted by Crippen LogP contribution is -2.36. The number of halogens is 1. The first-order chi connectivity index (χ1) is 31.9. The number of pyridine rings is 1. The van der Waals surface area contributed by atoms with Crippen LogP contribution in [0.15, 0.2) is 78.5 Å². The fourth-order valence-corrected chi connectivity index (χ4v) is 6.07. The lowest BCUT2D eigenvalue weighted by atomic mass is 9.83. The molecule has 1 aliphatic rings. The van der Waals surface area contributed by atoms with Crippen molar-refractivity contribution in [1.82, 2.24) is 9.88 Å². The molecule has 1 atom stereocenters. The van der Waals surface area contributed by atoms with Crippen molar-refractivity contribution in [2.75, 3.05) is 39.5 Å². The first-order valence-electron chi connectivity index (χ1n) is 25.3. The largest absolute Gasteiger partial charge is 0.462 e. The summed E-state index contributed by atoms with van der Waals surface area (Å²) < 4.78 is 16.0. The molecular formula is C58H97ClN2O6. The highest BCUT2D eigenvalue weighted by molar-refractivity contribution is 6.29. The molecule has 1 unspecified atom stereocenters. The number of morpholine rings is 1. The Morgan fingerprint density at radius 2 is 1.36 bits per heavy atom. The number of rotatable bonds is 14. The predicted molar refractivity (Wildman–Crippen MR) is 290 cm³/mol. The number of aromatic nitrogens is 1. The van der Waals surface area contributed by atoms with Crippen LogP contribution in [0.5, 0.6) is 5.75 Å². The molecule has 0 aliphatic carbocycles. The Balaban J connectivity index is -0.000000417. The van der Waals surface area contributed by atoms with Gasteiger partial charge in [-0.1, -0.05) is 171 Å². The molecule has 1 aliphatic heterocycles. The smallest absolute Gasteiger partial charge is 0.343 e. The Hall–Kier alpha value is -4.11. The average molecular weight is 954 g/mol. The van der Waals surface area contributed by atoms with E-state index in [9.17, 15) is 14.4 Å². The summed E-state index contributed by atoms with van der Waals surface area (Å²) in [5.74, 6) is -0.212. The number of aryl methyl sites for hydroxylation is 3. The molecule has 3 aromatic rings. The van der Waals surface area contributed by atoms with Gasteiger partial charge in [-0.2, -0.15) is 0 Å². The third-order valence-electron chi connectivity index (χ3n) is 9.31. The van der Waals surface area contributed by atoms with Crippen molar-refractivity contribution in [3.8, 4) is 5.75 Å². The van der Waals surface area contributed by atoms with E-state index < -0.39 is 5.97 Å². The summed E-state index contributed by atoms with van der Waals surface area (Å²) in [5, 5.41) is 0.364. The number of allylic oxidation sites excluding steroid dienone is 3. The molecule has 0 bridgehead atoms. The fraction of sp³-hybridized carbons (Fsp3) is 0.586. The Bertz CT molecular complexity index is 1740. The molecule has 2 aromatic carbocycles. The maximum Gasteiger partial charge on any atom is 0.343 e. The van der Waals surface area contributed by atoms with Crippen LogP contribution >= 0.6 is 11.6 Å². The van der Waals surface area contributed by atoms with Crippen LogP contribution in [0.1, 0.15) is 199 Å². The van der Waals surface area contributed by atoms with E-state index in [2.05, 4.69) is 85.7 Å². The van der Waals surface area contributed by atoms with Gasteiger partial charge in [0.1, 0.15) is 17.2 Å². The fourth-order valence-electron chi connectivity index (χ4n) is 5.96. The zero-order chi connectivity index (χ0) is 52.4. The maximum absolute atomic E-state index is 12.2. The minimum Gasteiger partial charge on any atom is -0.462 e. The van der Waals surface area contributed by atoms with Gasteiger partial charge >= 0.3 is 11.9 Å². The van der Waals surface area contributed by atoms with Gasteiger partial charge in [-0.05, 0) is 123 Å². The third-order valence-corrected chi connectivity index (χ3v) is 9.53. The highest BCUT2D eigenvalue weighted by Gasteiger charge is 2.18. The second kappa shape index (κ2) is 44.4. The van der Waals surface area contributed by atoms with Crippen LogP contribution in [0.4, 0.5) is 0 Å². The topological polar surface area (TPSA) is 95.0 Å². The molecule has 1 aromatic heterocycles. The normalized spacial score (nSPS) is 12.0. The molecule has 67 heavy (non-hydrogen) atoms. The van der Waals surface area contributed by atoms with Crippen molar-refractivity contribution in [2.45, 2.75) is 182 Å². The van der Waals surface area contributed by atoms with Crippen LogP contribution in [-0.2, 0) is 26.1 Å². The van der Waals surface area contributed by atoms with E-state index in [4.69, 9.17) is 25.8 Å². The van der Waals surface area contributed by atoms with E-state index in [-0.39, 0.29) is 17.3 Å². The van der Waals surface area contributed by atoms with Crippen LogP contribution < -0.4 is 4.74 Å². The molecule has 0 amide bonds. The van der Waals surface area contributed by atoms with E-state index in [0.29, 0.717) is 28.6 Å². The van der Waals surface area contributed by atoms with Crippen LogP contribution in [0.3, 0.4) is 0 Å². The molecular weight excluding hydrogens is 856 g/mol. The molecule has 0 spiro atoms. The summed E-state index contributed by atoms with van der Waals surface area (Å²) in [6.45, 7) is 48.4. The van der Waals surface area contributed by atoms with Crippen molar-refractivity contribution in [1.29, 1.82) is 0 Å². The van der Waals surface area contributed by atoms with Gasteiger partial charge in [0.2, 0.25) is 0 Å². The minimum atomic E-state index is -0.394. The molecule has 382 valence electrons. The highest BCUT2D eigenvalue weighted by atomic mass is 35.5. The minimum absolute atomic E-state index is 0.0123. The predicted octanol–water partition coefficient (Wildman–Crippen LogP) is 16.4. The van der Waals surface area contributed by atoms with Crippen LogP contribution in [-0.4, -0.2) is 67.6 Å². The lowest BCUT2D eigenvalue weighted by molar-refractivity contribution is -0.109. The van der Waals surface area contributed by atoms with Gasteiger partial charge in [0.15, 0.2) is 0 Å². The van der Waals surface area contributed by atoms with Gasteiger partial charge < -0.3 is 19.0 Å². The van der Waals surface area contributed by atoms with Crippen molar-refractivity contribution in [3.63, 3.8) is 0 Å². The molecule has 8 nitrogen and oxygen atoms in total. The number of carbonyl (C=O) groups excluding carboxylic acids is 3. The molecule has 2 heterocycles. The van der Waals surface area contributed by atoms with E-state index in [1.54, 1.807) is 18.2 Å². The van der Waals surface area contributed by atoms with Gasteiger partial charge in [0, 0.05) is 19.0 Å². The summed E-state index contributed by atoms with van der Waals surface area (Å²) in [6.07, 6.45) is 11.9. The molecule has 1 fully saturated rings. The summed E-state index contributed by atoms with van der Waals surface area (Å²) in [5.41, 5.74) is 8.25. The van der Waals surface area contributed by atoms with E-state index in [1.165, 1.54) is 30.2 Å². The zero-order valence-corrected chi connectivity index (χ0v) is 46.8. The zero-order valence-electron chi connectivity index (χ0n) is 46.0. The van der Waals surface area contributed by atoms with E-state index in [0.717, 1.165) is 93.5 Å². The van der Waals surface area contributed by atoms with E-state index in [1.807, 2.05) is 98.7 Å². The van der Waals surface area contributed by atoms with Crippen molar-refractivity contribution < 1.29 is 28.6 Å². The van der Waals surface area contributed by atoms with Gasteiger partial charge in [0.25, 0.3) is 0 Å². The second-order valence-corrected chi connectivity index (χ2v) is 16.7. The van der Waals surface area contributed by atoms with Gasteiger partial charge in [-0.25, -0.2) is 14.6 Å². The highest BCUT2D eigenvalue weighted by Crippen LogP contribution is 2.26.